The molecule has 0 saturated heterocycles. The highest BCUT2D eigenvalue weighted by Gasteiger charge is 2.23. The van der Waals surface area contributed by atoms with Crippen molar-refractivity contribution in [3.63, 3.8) is 0 Å². The second kappa shape index (κ2) is 11.0. The number of nitrogen functional groups attached to an aromatic ring is 1. The first kappa shape index (κ1) is 24.3. The van der Waals surface area contributed by atoms with Gasteiger partial charge in [0.05, 0.1) is 19.7 Å². The van der Waals surface area contributed by atoms with Crippen LogP contribution in [0.5, 0.6) is 0 Å². The van der Waals surface area contributed by atoms with E-state index in [1.807, 2.05) is 30.3 Å². The number of amides is 1. The number of benzene rings is 2. The second-order valence-corrected chi connectivity index (χ2v) is 7.96. The number of ether oxygens (including phenoxy) is 1. The molecule has 1 aromatic heterocycles. The van der Waals surface area contributed by atoms with Crippen LogP contribution in [0.3, 0.4) is 0 Å². The van der Waals surface area contributed by atoms with E-state index in [2.05, 4.69) is 4.98 Å². The molecule has 0 aliphatic heterocycles. The number of H-pyrrole nitrogens is 1. The number of aromatic amines is 1. The number of nitrogens with two attached hydrogens (primary N) is 1. The summed E-state index contributed by atoms with van der Waals surface area (Å²) in [7, 11) is 1.48. The number of nitrogens with zero attached hydrogens (tertiary/aromatic N) is 2. The van der Waals surface area contributed by atoms with Gasteiger partial charge in [-0.3, -0.25) is 24.0 Å². The average Bonchev–Trinajstić information content (AvgIpc) is 2.76. The van der Waals surface area contributed by atoms with Crippen molar-refractivity contribution in [3.05, 3.63) is 96.6 Å². The van der Waals surface area contributed by atoms with Crippen LogP contribution < -0.4 is 21.9 Å². The monoisotopic (exact) mass is 488 g/mol. The van der Waals surface area contributed by atoms with E-state index in [0.717, 1.165) is 10.1 Å². The quantitative estimate of drug-likeness (QED) is 0.472. The number of carbonyl (C=O) groups excluding carboxylic acids is 1. The molecular formula is C23H22Cl2N4O4. The summed E-state index contributed by atoms with van der Waals surface area (Å²) in [5.74, 6) is -0.659. The molecule has 0 aliphatic rings. The molecule has 33 heavy (non-hydrogen) atoms. The van der Waals surface area contributed by atoms with Crippen molar-refractivity contribution in [2.75, 3.05) is 24.4 Å². The van der Waals surface area contributed by atoms with Gasteiger partial charge in [-0.25, -0.2) is 4.79 Å². The van der Waals surface area contributed by atoms with Gasteiger partial charge in [-0.2, -0.15) is 0 Å². The zero-order valence-corrected chi connectivity index (χ0v) is 19.3. The van der Waals surface area contributed by atoms with E-state index >= 15 is 0 Å². The fourth-order valence-corrected chi connectivity index (χ4v) is 3.75. The van der Waals surface area contributed by atoms with Crippen LogP contribution in [-0.2, 0) is 22.6 Å². The van der Waals surface area contributed by atoms with E-state index in [0.29, 0.717) is 15.6 Å². The fraction of sp³-hybridized carbons (Fsp3) is 0.174. The summed E-state index contributed by atoms with van der Waals surface area (Å²) in [6.07, 6.45) is 2.82. The van der Waals surface area contributed by atoms with Crippen LogP contribution in [0.1, 0.15) is 11.1 Å². The standard InChI is InChI=1S/C23H22Cl2N4O4/c1-33-10-9-28-21(26)20(22(31)27-23(28)32)29(14-15-5-3-2-4-6-15)19(30)8-7-16-11-17(24)13-18(25)12-16/h2-8,11-13H,9-10,14,26H2,1H3,(H,27,31,32)/b8-7+. The van der Waals surface area contributed by atoms with Crippen LogP contribution in [0.25, 0.3) is 6.08 Å². The number of rotatable bonds is 8. The van der Waals surface area contributed by atoms with Crippen LogP contribution in [0, 0.1) is 0 Å². The summed E-state index contributed by atoms with van der Waals surface area (Å²) in [5.41, 5.74) is 5.98. The van der Waals surface area contributed by atoms with Crippen LogP contribution >= 0.6 is 23.2 Å². The van der Waals surface area contributed by atoms with Crippen LogP contribution in [0.2, 0.25) is 10.0 Å². The number of nitrogens with one attached hydrogen (secondary N) is 1. The Kier molecular flexibility index (Phi) is 8.11. The minimum absolute atomic E-state index is 0.0517. The fourth-order valence-electron chi connectivity index (χ4n) is 3.20. The van der Waals surface area contributed by atoms with Gasteiger partial charge < -0.3 is 10.5 Å². The van der Waals surface area contributed by atoms with Gasteiger partial charge in [-0.15, -0.1) is 0 Å². The van der Waals surface area contributed by atoms with Crippen molar-refractivity contribution < 1.29 is 9.53 Å². The van der Waals surface area contributed by atoms with Crippen molar-refractivity contribution in [3.8, 4) is 0 Å². The molecule has 0 bridgehead atoms. The topological polar surface area (TPSA) is 110 Å². The van der Waals surface area contributed by atoms with Gasteiger partial charge in [-0.05, 0) is 35.4 Å². The van der Waals surface area contributed by atoms with Gasteiger partial charge >= 0.3 is 5.69 Å². The molecule has 8 nitrogen and oxygen atoms in total. The maximum atomic E-state index is 13.3. The van der Waals surface area contributed by atoms with Crippen molar-refractivity contribution in [1.82, 2.24) is 9.55 Å². The largest absolute Gasteiger partial charge is 0.383 e. The van der Waals surface area contributed by atoms with E-state index in [9.17, 15) is 14.4 Å². The first-order valence-corrected chi connectivity index (χ1v) is 10.7. The number of anilines is 2. The van der Waals surface area contributed by atoms with E-state index in [4.69, 9.17) is 33.7 Å². The Morgan fingerprint density at radius 3 is 2.45 bits per heavy atom. The van der Waals surface area contributed by atoms with E-state index in [-0.39, 0.29) is 31.2 Å². The molecule has 0 aliphatic carbocycles. The maximum Gasteiger partial charge on any atom is 0.330 e. The summed E-state index contributed by atoms with van der Waals surface area (Å²) < 4.78 is 6.17. The molecule has 0 atom stereocenters. The zero-order chi connectivity index (χ0) is 24.0. The minimum atomic E-state index is -0.769. The van der Waals surface area contributed by atoms with Crippen LogP contribution in [0.15, 0.2) is 64.2 Å². The lowest BCUT2D eigenvalue weighted by Crippen LogP contribution is -2.40. The first-order valence-electron chi connectivity index (χ1n) is 9.91. The van der Waals surface area contributed by atoms with Crippen molar-refractivity contribution in [2.24, 2.45) is 0 Å². The molecule has 0 radical (unpaired) electrons. The Hall–Kier alpha value is -3.33. The zero-order valence-electron chi connectivity index (χ0n) is 17.8. The number of hydrogen-bond acceptors (Lipinski definition) is 5. The molecule has 0 fully saturated rings. The molecule has 0 spiro atoms. The molecule has 0 saturated carbocycles. The van der Waals surface area contributed by atoms with Crippen molar-refractivity contribution >= 4 is 46.7 Å². The molecule has 3 aromatic rings. The number of halogens is 2. The smallest absolute Gasteiger partial charge is 0.330 e. The number of carbonyl (C=O) groups is 1. The molecule has 172 valence electrons. The van der Waals surface area contributed by atoms with Crippen LogP contribution in [-0.4, -0.2) is 29.2 Å². The Bertz CT molecular complexity index is 1270. The normalized spacial score (nSPS) is 11.1. The van der Waals surface area contributed by atoms with Gasteiger partial charge in [0.25, 0.3) is 11.5 Å². The minimum Gasteiger partial charge on any atom is -0.383 e. The summed E-state index contributed by atoms with van der Waals surface area (Å²) in [5, 5.41) is 0.836. The van der Waals surface area contributed by atoms with Crippen molar-refractivity contribution in [2.45, 2.75) is 13.1 Å². The Labute approximate surface area is 199 Å². The van der Waals surface area contributed by atoms with Crippen molar-refractivity contribution in [1.29, 1.82) is 0 Å². The van der Waals surface area contributed by atoms with Gasteiger partial charge in [0.1, 0.15) is 5.82 Å². The van der Waals surface area contributed by atoms with Gasteiger partial charge in [0.15, 0.2) is 5.69 Å². The lowest BCUT2D eigenvalue weighted by molar-refractivity contribution is -0.114. The average molecular weight is 489 g/mol. The molecule has 3 N–H and O–H groups in total. The Morgan fingerprint density at radius 2 is 1.82 bits per heavy atom. The van der Waals surface area contributed by atoms with E-state index in [1.54, 1.807) is 18.2 Å². The molecule has 3 rings (SSSR count). The molecule has 0 unspecified atom stereocenters. The second-order valence-electron chi connectivity index (χ2n) is 7.08. The summed E-state index contributed by atoms with van der Waals surface area (Å²) in [6, 6.07) is 14.0. The molecule has 2 aromatic carbocycles. The lowest BCUT2D eigenvalue weighted by Gasteiger charge is -2.23. The summed E-state index contributed by atoms with van der Waals surface area (Å²) >= 11 is 12.1. The van der Waals surface area contributed by atoms with E-state index in [1.165, 1.54) is 24.2 Å². The first-order chi connectivity index (χ1) is 15.8. The molecule has 1 heterocycles. The predicted octanol–water partition coefficient (Wildman–Crippen LogP) is 3.32. The lowest BCUT2D eigenvalue weighted by atomic mass is 10.2. The van der Waals surface area contributed by atoms with E-state index < -0.39 is 17.2 Å². The third kappa shape index (κ3) is 6.13. The highest BCUT2D eigenvalue weighted by Crippen LogP contribution is 2.22. The molecule has 1 amide bonds. The van der Waals surface area contributed by atoms with Gasteiger partial charge in [-0.1, -0.05) is 53.5 Å². The van der Waals surface area contributed by atoms with Gasteiger partial charge in [0, 0.05) is 23.2 Å². The predicted molar refractivity (Wildman–Crippen MR) is 131 cm³/mol. The highest BCUT2D eigenvalue weighted by atomic mass is 35.5. The maximum absolute atomic E-state index is 13.3. The Morgan fingerprint density at radius 1 is 1.15 bits per heavy atom. The van der Waals surface area contributed by atoms with Crippen LogP contribution in [0.4, 0.5) is 11.5 Å². The summed E-state index contributed by atoms with van der Waals surface area (Å²) in [4.78, 5) is 41.7. The third-order valence-corrected chi connectivity index (χ3v) is 5.19. The molecular weight excluding hydrogens is 467 g/mol. The number of hydrogen-bond donors (Lipinski definition) is 2. The Balaban J connectivity index is 2.07. The van der Waals surface area contributed by atoms with Gasteiger partial charge in [0.2, 0.25) is 0 Å². The highest BCUT2D eigenvalue weighted by molar-refractivity contribution is 6.34. The SMILES string of the molecule is COCCn1c(N)c(N(Cc2ccccc2)C(=O)/C=C/c2cc(Cl)cc(Cl)c2)c(=O)[nH]c1=O. The number of methoxy groups -OCH3 is 1. The molecule has 10 heteroatoms. The third-order valence-electron chi connectivity index (χ3n) is 4.76. The number of aromatic nitrogens is 2. The summed E-state index contributed by atoms with van der Waals surface area (Å²) in [6.45, 7) is 0.350.